The Labute approximate surface area is 136 Å². The summed E-state index contributed by atoms with van der Waals surface area (Å²) in [6.07, 6.45) is -6.01. The standard InChI is InChI=1S/C15H18F3NO5/c1-14(2,3)24-13(22)19-11(12(20)21)8-9-5-4-6-10(7-9)23-15(16,17)18/h4-7,11H,8H2,1-3H3,(H,19,22)(H,20,21)/t11-/m0/s1. The third kappa shape index (κ3) is 7.70. The van der Waals surface area contributed by atoms with Gasteiger partial charge in [0, 0.05) is 6.42 Å². The number of hydrogen-bond donors (Lipinski definition) is 2. The minimum Gasteiger partial charge on any atom is -0.480 e. The van der Waals surface area contributed by atoms with Gasteiger partial charge in [0.2, 0.25) is 0 Å². The molecule has 0 heterocycles. The average molecular weight is 349 g/mol. The minimum atomic E-state index is -4.85. The maximum Gasteiger partial charge on any atom is 0.573 e. The van der Waals surface area contributed by atoms with Crippen LogP contribution in [0.2, 0.25) is 0 Å². The van der Waals surface area contributed by atoms with Crippen LogP contribution in [0.3, 0.4) is 0 Å². The maximum absolute atomic E-state index is 12.2. The second-order valence-corrected chi connectivity index (χ2v) is 5.94. The summed E-state index contributed by atoms with van der Waals surface area (Å²) in [6.45, 7) is 4.83. The molecule has 0 aromatic heterocycles. The number of halogens is 3. The molecule has 2 N–H and O–H groups in total. The first-order chi connectivity index (χ1) is 10.9. The normalized spacial score (nSPS) is 13.1. The summed E-state index contributed by atoms with van der Waals surface area (Å²) in [6, 6.07) is 3.51. The highest BCUT2D eigenvalue weighted by Gasteiger charge is 2.31. The molecule has 1 aromatic carbocycles. The van der Waals surface area contributed by atoms with Crippen molar-refractivity contribution in [3.8, 4) is 5.75 Å². The van der Waals surface area contributed by atoms with Crippen molar-refractivity contribution >= 4 is 12.1 Å². The molecule has 0 radical (unpaired) electrons. The number of benzene rings is 1. The van der Waals surface area contributed by atoms with Gasteiger partial charge < -0.3 is 19.9 Å². The van der Waals surface area contributed by atoms with Gasteiger partial charge in [0.25, 0.3) is 0 Å². The van der Waals surface area contributed by atoms with E-state index in [1.807, 2.05) is 0 Å². The summed E-state index contributed by atoms with van der Waals surface area (Å²) in [5.74, 6) is -1.82. The molecule has 134 valence electrons. The summed E-state index contributed by atoms with van der Waals surface area (Å²) in [5.41, 5.74) is -0.562. The van der Waals surface area contributed by atoms with Crippen LogP contribution in [-0.4, -0.2) is 35.2 Å². The van der Waals surface area contributed by atoms with Crippen molar-refractivity contribution in [1.82, 2.24) is 5.32 Å². The largest absolute Gasteiger partial charge is 0.573 e. The van der Waals surface area contributed by atoms with Crippen molar-refractivity contribution in [2.45, 2.75) is 45.2 Å². The SMILES string of the molecule is CC(C)(C)OC(=O)N[C@@H](Cc1cccc(OC(F)(F)F)c1)C(=O)O. The summed E-state index contributed by atoms with van der Waals surface area (Å²) in [7, 11) is 0. The van der Waals surface area contributed by atoms with Crippen LogP contribution in [0, 0.1) is 0 Å². The van der Waals surface area contributed by atoms with E-state index in [9.17, 15) is 22.8 Å². The Morgan fingerprint density at radius 3 is 2.38 bits per heavy atom. The number of carboxylic acids is 1. The zero-order chi connectivity index (χ0) is 18.5. The molecule has 1 atom stereocenters. The quantitative estimate of drug-likeness (QED) is 0.853. The van der Waals surface area contributed by atoms with E-state index < -0.39 is 35.8 Å². The molecule has 0 saturated heterocycles. The van der Waals surface area contributed by atoms with Gasteiger partial charge in [-0.25, -0.2) is 9.59 Å². The first kappa shape index (κ1) is 19.6. The number of ether oxygens (including phenoxy) is 2. The molecule has 1 rings (SSSR count). The van der Waals surface area contributed by atoms with Crippen molar-refractivity contribution in [3.05, 3.63) is 29.8 Å². The molecule has 0 bridgehead atoms. The number of alkyl carbamates (subject to hydrolysis) is 1. The van der Waals surface area contributed by atoms with Crippen LogP contribution in [0.5, 0.6) is 5.75 Å². The van der Waals surface area contributed by atoms with E-state index in [0.717, 1.165) is 12.1 Å². The van der Waals surface area contributed by atoms with E-state index in [-0.39, 0.29) is 12.0 Å². The summed E-state index contributed by atoms with van der Waals surface area (Å²) < 4.78 is 45.3. The molecule has 0 aliphatic carbocycles. The molecule has 0 aliphatic heterocycles. The van der Waals surface area contributed by atoms with Crippen LogP contribution in [0.25, 0.3) is 0 Å². The molecular weight excluding hydrogens is 331 g/mol. The number of carbonyl (C=O) groups excluding carboxylic acids is 1. The fourth-order valence-electron chi connectivity index (χ4n) is 1.76. The number of carboxylic acid groups (broad SMARTS) is 1. The zero-order valence-corrected chi connectivity index (χ0v) is 13.3. The number of nitrogens with one attached hydrogen (secondary N) is 1. The van der Waals surface area contributed by atoms with Gasteiger partial charge in [-0.05, 0) is 38.5 Å². The van der Waals surface area contributed by atoms with Gasteiger partial charge in [-0.2, -0.15) is 0 Å². The molecule has 0 unspecified atom stereocenters. The monoisotopic (exact) mass is 349 g/mol. The van der Waals surface area contributed by atoms with Crippen LogP contribution >= 0.6 is 0 Å². The highest BCUT2D eigenvalue weighted by molar-refractivity contribution is 5.80. The second-order valence-electron chi connectivity index (χ2n) is 5.94. The molecule has 0 saturated carbocycles. The van der Waals surface area contributed by atoms with Crippen LogP contribution in [0.4, 0.5) is 18.0 Å². The Bertz CT molecular complexity index is 596. The van der Waals surface area contributed by atoms with Crippen LogP contribution in [0.1, 0.15) is 26.3 Å². The summed E-state index contributed by atoms with van der Waals surface area (Å²) in [4.78, 5) is 22.9. The van der Waals surface area contributed by atoms with Crippen LogP contribution < -0.4 is 10.1 Å². The van der Waals surface area contributed by atoms with Gasteiger partial charge in [-0.3, -0.25) is 0 Å². The van der Waals surface area contributed by atoms with Gasteiger partial charge >= 0.3 is 18.4 Å². The number of carbonyl (C=O) groups is 2. The van der Waals surface area contributed by atoms with Crippen LogP contribution in [-0.2, 0) is 16.0 Å². The minimum absolute atomic E-state index is 0.233. The van der Waals surface area contributed by atoms with Gasteiger partial charge in [0.05, 0.1) is 0 Å². The lowest BCUT2D eigenvalue weighted by Gasteiger charge is -2.22. The van der Waals surface area contributed by atoms with Crippen LogP contribution in [0.15, 0.2) is 24.3 Å². The third-order valence-corrected chi connectivity index (χ3v) is 2.56. The number of hydrogen-bond acceptors (Lipinski definition) is 4. The van der Waals surface area contributed by atoms with Gasteiger partial charge in [-0.15, -0.1) is 13.2 Å². The van der Waals surface area contributed by atoms with E-state index >= 15 is 0 Å². The van der Waals surface area contributed by atoms with E-state index in [1.165, 1.54) is 12.1 Å². The number of aliphatic carboxylic acids is 1. The lowest BCUT2D eigenvalue weighted by Crippen LogP contribution is -2.44. The lowest BCUT2D eigenvalue weighted by atomic mass is 10.1. The highest BCUT2D eigenvalue weighted by Crippen LogP contribution is 2.23. The topological polar surface area (TPSA) is 84.9 Å². The Balaban J connectivity index is 2.80. The van der Waals surface area contributed by atoms with E-state index in [2.05, 4.69) is 10.1 Å². The third-order valence-electron chi connectivity index (χ3n) is 2.56. The first-order valence-corrected chi connectivity index (χ1v) is 6.93. The summed E-state index contributed by atoms with van der Waals surface area (Å²) >= 11 is 0. The van der Waals surface area contributed by atoms with E-state index in [4.69, 9.17) is 9.84 Å². The molecule has 9 heteroatoms. The Morgan fingerprint density at radius 1 is 1.25 bits per heavy atom. The molecular formula is C15H18F3NO5. The molecule has 24 heavy (non-hydrogen) atoms. The fourth-order valence-corrected chi connectivity index (χ4v) is 1.76. The molecule has 6 nitrogen and oxygen atoms in total. The molecule has 0 fully saturated rings. The van der Waals surface area contributed by atoms with Crippen molar-refractivity contribution < 1.29 is 37.3 Å². The predicted molar refractivity (Wildman–Crippen MR) is 77.6 cm³/mol. The molecule has 0 aliphatic rings. The van der Waals surface area contributed by atoms with Crippen molar-refractivity contribution in [1.29, 1.82) is 0 Å². The molecule has 1 aromatic rings. The van der Waals surface area contributed by atoms with Gasteiger partial charge in [0.15, 0.2) is 0 Å². The molecule has 0 spiro atoms. The summed E-state index contributed by atoms with van der Waals surface area (Å²) in [5, 5.41) is 11.3. The lowest BCUT2D eigenvalue weighted by molar-refractivity contribution is -0.274. The van der Waals surface area contributed by atoms with E-state index in [1.54, 1.807) is 20.8 Å². The number of amides is 1. The highest BCUT2D eigenvalue weighted by atomic mass is 19.4. The Kier molecular flexibility index (Phi) is 6.05. The fraction of sp³-hybridized carbons (Fsp3) is 0.467. The van der Waals surface area contributed by atoms with Gasteiger partial charge in [-0.1, -0.05) is 12.1 Å². The van der Waals surface area contributed by atoms with Crippen molar-refractivity contribution in [2.24, 2.45) is 0 Å². The first-order valence-electron chi connectivity index (χ1n) is 6.93. The number of alkyl halides is 3. The van der Waals surface area contributed by atoms with Crippen molar-refractivity contribution in [3.63, 3.8) is 0 Å². The van der Waals surface area contributed by atoms with Crippen molar-refractivity contribution in [2.75, 3.05) is 0 Å². The number of rotatable bonds is 5. The Morgan fingerprint density at radius 2 is 1.88 bits per heavy atom. The van der Waals surface area contributed by atoms with E-state index in [0.29, 0.717) is 0 Å². The smallest absolute Gasteiger partial charge is 0.480 e. The maximum atomic E-state index is 12.2. The Hall–Kier alpha value is -2.45. The second kappa shape index (κ2) is 7.41. The zero-order valence-electron chi connectivity index (χ0n) is 13.3. The predicted octanol–water partition coefficient (Wildman–Crippen LogP) is 3.11. The molecule has 1 amide bonds. The average Bonchev–Trinajstić information content (AvgIpc) is 2.33. The van der Waals surface area contributed by atoms with Gasteiger partial charge in [0.1, 0.15) is 17.4 Å².